The summed E-state index contributed by atoms with van der Waals surface area (Å²) in [7, 11) is 0. The number of pyridine rings is 2. The van der Waals surface area contributed by atoms with Gasteiger partial charge >= 0.3 is 0 Å². The molecule has 3 heterocycles. The average molecular weight is 364 g/mol. The third kappa shape index (κ3) is 3.83. The number of nitrogens with one attached hydrogen (secondary N) is 1. The second-order valence-corrected chi connectivity index (χ2v) is 6.38. The molecule has 1 saturated heterocycles. The van der Waals surface area contributed by atoms with Crippen molar-refractivity contribution in [2.24, 2.45) is 0 Å². The average Bonchev–Trinajstić information content (AvgIpc) is 2.69. The van der Waals surface area contributed by atoms with Gasteiger partial charge in [-0.25, -0.2) is 9.97 Å². The molecular formula is C20H20N4O3. The van der Waals surface area contributed by atoms with Crippen molar-refractivity contribution < 1.29 is 14.3 Å². The van der Waals surface area contributed by atoms with Crippen LogP contribution in [0.2, 0.25) is 0 Å². The zero-order valence-electron chi connectivity index (χ0n) is 14.7. The molecule has 7 nitrogen and oxygen atoms in total. The van der Waals surface area contributed by atoms with Gasteiger partial charge in [0, 0.05) is 36.3 Å². The molecule has 1 aromatic carbocycles. The summed E-state index contributed by atoms with van der Waals surface area (Å²) in [5.41, 5.74) is 7.02. The first-order valence-corrected chi connectivity index (χ1v) is 8.86. The molecule has 7 heteroatoms. The van der Waals surface area contributed by atoms with Crippen LogP contribution in [-0.4, -0.2) is 35.2 Å². The molecule has 0 spiro atoms. The highest BCUT2D eigenvalue weighted by atomic mass is 16.5. The van der Waals surface area contributed by atoms with Gasteiger partial charge in [0.05, 0.1) is 18.9 Å². The first-order valence-electron chi connectivity index (χ1n) is 8.86. The summed E-state index contributed by atoms with van der Waals surface area (Å²) in [5.74, 6) is 0.256. The number of nitrogens with two attached hydrogens (primary N) is 1. The molecule has 0 unspecified atom stereocenters. The Kier molecular flexibility index (Phi) is 4.84. The number of ether oxygens (including phenoxy) is 2. The number of anilines is 2. The van der Waals surface area contributed by atoms with Crippen LogP contribution in [0.5, 0.6) is 5.88 Å². The normalized spacial score (nSPS) is 14.8. The molecule has 1 aliphatic heterocycles. The van der Waals surface area contributed by atoms with Crippen molar-refractivity contribution in [1.29, 1.82) is 0 Å². The Morgan fingerprint density at radius 1 is 1.15 bits per heavy atom. The molecule has 4 rings (SSSR count). The maximum atomic E-state index is 12.4. The summed E-state index contributed by atoms with van der Waals surface area (Å²) >= 11 is 0. The summed E-state index contributed by atoms with van der Waals surface area (Å²) in [6, 6.07) is 10.8. The fourth-order valence-corrected chi connectivity index (χ4v) is 3.07. The molecule has 0 bridgehead atoms. The van der Waals surface area contributed by atoms with Crippen LogP contribution < -0.4 is 15.8 Å². The molecule has 3 N–H and O–H groups in total. The van der Waals surface area contributed by atoms with E-state index < -0.39 is 0 Å². The Hall–Kier alpha value is -3.19. The number of hydrogen-bond donors (Lipinski definition) is 2. The largest absolute Gasteiger partial charge is 0.474 e. The van der Waals surface area contributed by atoms with Gasteiger partial charge in [0.2, 0.25) is 5.88 Å². The van der Waals surface area contributed by atoms with Crippen LogP contribution >= 0.6 is 0 Å². The minimum atomic E-state index is -0.347. The number of aromatic nitrogens is 2. The molecule has 0 atom stereocenters. The van der Waals surface area contributed by atoms with E-state index in [0.29, 0.717) is 30.5 Å². The maximum absolute atomic E-state index is 12.4. The van der Waals surface area contributed by atoms with Gasteiger partial charge in [-0.2, -0.15) is 0 Å². The highest BCUT2D eigenvalue weighted by Gasteiger charge is 2.17. The van der Waals surface area contributed by atoms with Gasteiger partial charge in [-0.05, 0) is 41.8 Å². The van der Waals surface area contributed by atoms with Crippen molar-refractivity contribution in [3.63, 3.8) is 0 Å². The van der Waals surface area contributed by atoms with E-state index in [-0.39, 0.29) is 17.7 Å². The Balaban J connectivity index is 1.56. The van der Waals surface area contributed by atoms with E-state index in [9.17, 15) is 4.79 Å². The lowest BCUT2D eigenvalue weighted by Crippen LogP contribution is -2.26. The summed E-state index contributed by atoms with van der Waals surface area (Å²) in [4.78, 5) is 20.8. The fraction of sp³-hybridized carbons (Fsp3) is 0.250. The second-order valence-electron chi connectivity index (χ2n) is 6.38. The van der Waals surface area contributed by atoms with Crippen molar-refractivity contribution in [2.75, 3.05) is 24.3 Å². The summed E-state index contributed by atoms with van der Waals surface area (Å²) < 4.78 is 11.4. The first kappa shape index (κ1) is 17.2. The van der Waals surface area contributed by atoms with Crippen LogP contribution in [0.15, 0.2) is 48.8 Å². The Labute approximate surface area is 156 Å². The summed E-state index contributed by atoms with van der Waals surface area (Å²) in [5, 5.41) is 4.66. The van der Waals surface area contributed by atoms with Gasteiger partial charge in [0.25, 0.3) is 5.91 Å². The van der Waals surface area contributed by atoms with Gasteiger partial charge in [-0.3, -0.25) is 4.79 Å². The van der Waals surface area contributed by atoms with Crippen LogP contribution in [0, 0.1) is 0 Å². The Morgan fingerprint density at radius 2 is 2.00 bits per heavy atom. The van der Waals surface area contributed by atoms with Crippen LogP contribution in [0.4, 0.5) is 11.4 Å². The lowest BCUT2D eigenvalue weighted by molar-refractivity contribution is 0.0244. The van der Waals surface area contributed by atoms with Crippen LogP contribution in [0.1, 0.15) is 23.3 Å². The lowest BCUT2D eigenvalue weighted by atomic mass is 10.1. The summed E-state index contributed by atoms with van der Waals surface area (Å²) in [6.07, 6.45) is 5.08. The van der Waals surface area contributed by atoms with Gasteiger partial charge < -0.3 is 20.5 Å². The van der Waals surface area contributed by atoms with E-state index in [0.717, 1.165) is 23.6 Å². The number of nitrogens with zero attached hydrogens (tertiary/aromatic N) is 2. The van der Waals surface area contributed by atoms with Crippen molar-refractivity contribution in [3.8, 4) is 5.88 Å². The minimum Gasteiger partial charge on any atom is -0.474 e. The van der Waals surface area contributed by atoms with E-state index in [2.05, 4.69) is 15.3 Å². The van der Waals surface area contributed by atoms with Crippen LogP contribution in [0.25, 0.3) is 10.8 Å². The smallest absolute Gasteiger partial charge is 0.276 e. The van der Waals surface area contributed by atoms with Crippen LogP contribution in [0.3, 0.4) is 0 Å². The molecule has 27 heavy (non-hydrogen) atoms. The third-order valence-corrected chi connectivity index (χ3v) is 4.49. The summed E-state index contributed by atoms with van der Waals surface area (Å²) in [6.45, 7) is 1.42. The van der Waals surface area contributed by atoms with Crippen molar-refractivity contribution >= 4 is 28.1 Å². The zero-order chi connectivity index (χ0) is 18.6. The number of benzene rings is 1. The monoisotopic (exact) mass is 364 g/mol. The zero-order valence-corrected chi connectivity index (χ0v) is 14.7. The van der Waals surface area contributed by atoms with Crippen LogP contribution in [-0.2, 0) is 4.74 Å². The molecule has 0 saturated carbocycles. The molecule has 0 aliphatic carbocycles. The number of fused-ring (bicyclic) bond motifs is 1. The molecule has 1 fully saturated rings. The molecule has 0 radical (unpaired) electrons. The number of rotatable bonds is 4. The molecule has 138 valence electrons. The quantitative estimate of drug-likeness (QED) is 0.738. The minimum absolute atomic E-state index is 0.114. The standard InChI is InChI=1S/C20H20N4O3/c21-17-2-1-8-22-18(17)19(25)24-14-3-4-16-13(12-14)5-9-23-20(16)27-15-6-10-26-11-7-15/h1-5,8-9,12,15H,6-7,10-11,21H2,(H,24,25). The third-order valence-electron chi connectivity index (χ3n) is 4.49. The molecule has 2 aromatic heterocycles. The Bertz CT molecular complexity index is 970. The number of carbonyl (C=O) groups excluding carboxylic acids is 1. The maximum Gasteiger partial charge on any atom is 0.276 e. The molecule has 1 aliphatic rings. The van der Waals surface area contributed by atoms with Gasteiger partial charge in [0.1, 0.15) is 6.10 Å². The number of carbonyl (C=O) groups is 1. The highest BCUT2D eigenvalue weighted by molar-refractivity contribution is 6.07. The first-order chi connectivity index (χ1) is 13.2. The van der Waals surface area contributed by atoms with Gasteiger partial charge in [-0.15, -0.1) is 0 Å². The molecule has 1 amide bonds. The predicted octanol–water partition coefficient (Wildman–Crippen LogP) is 3.02. The topological polar surface area (TPSA) is 99.4 Å². The Morgan fingerprint density at radius 3 is 2.81 bits per heavy atom. The second kappa shape index (κ2) is 7.59. The van der Waals surface area contributed by atoms with E-state index in [1.165, 1.54) is 6.20 Å². The van der Waals surface area contributed by atoms with Crippen molar-refractivity contribution in [1.82, 2.24) is 9.97 Å². The van der Waals surface area contributed by atoms with E-state index >= 15 is 0 Å². The van der Waals surface area contributed by atoms with E-state index in [1.807, 2.05) is 24.3 Å². The lowest BCUT2D eigenvalue weighted by Gasteiger charge is -2.23. The van der Waals surface area contributed by atoms with Gasteiger partial charge in [0.15, 0.2) is 5.69 Å². The van der Waals surface area contributed by atoms with Gasteiger partial charge in [-0.1, -0.05) is 0 Å². The molecule has 3 aromatic rings. The highest BCUT2D eigenvalue weighted by Crippen LogP contribution is 2.28. The van der Waals surface area contributed by atoms with Crippen molar-refractivity contribution in [2.45, 2.75) is 18.9 Å². The molecular weight excluding hydrogens is 344 g/mol. The number of nitrogen functional groups attached to an aromatic ring is 1. The van der Waals surface area contributed by atoms with E-state index in [4.69, 9.17) is 15.2 Å². The number of hydrogen-bond acceptors (Lipinski definition) is 6. The SMILES string of the molecule is Nc1cccnc1C(=O)Nc1ccc2c(OC3CCOCC3)nccc2c1. The number of amides is 1. The van der Waals surface area contributed by atoms with E-state index in [1.54, 1.807) is 18.3 Å². The van der Waals surface area contributed by atoms with Crippen molar-refractivity contribution in [3.05, 3.63) is 54.5 Å². The fourth-order valence-electron chi connectivity index (χ4n) is 3.07. The predicted molar refractivity (Wildman–Crippen MR) is 103 cm³/mol.